The molecule has 0 spiro atoms. The third-order valence-electron chi connectivity index (χ3n) is 3.84. The monoisotopic (exact) mass is 466 g/mol. The molecule has 2 rings (SSSR count). The summed E-state index contributed by atoms with van der Waals surface area (Å²) in [6.45, 7) is 9.68. The number of carbonyl (C=O) groups is 1. The van der Waals surface area contributed by atoms with E-state index in [0.717, 1.165) is 50.2 Å². The Morgan fingerprint density at radius 1 is 1.33 bits per heavy atom. The van der Waals surface area contributed by atoms with E-state index < -0.39 is 0 Å². The van der Waals surface area contributed by atoms with Crippen LogP contribution in [0.15, 0.2) is 11.2 Å². The zero-order chi connectivity index (χ0) is 16.7. The maximum Gasteiger partial charge on any atom is 0.219 e. The van der Waals surface area contributed by atoms with Gasteiger partial charge in [0.1, 0.15) is 5.01 Å². The summed E-state index contributed by atoms with van der Waals surface area (Å²) in [5.74, 6) is 0.963. The average molecular weight is 466 g/mol. The molecular weight excluding hydrogens is 439 g/mol. The first-order valence-corrected chi connectivity index (χ1v) is 8.74. The summed E-state index contributed by atoms with van der Waals surface area (Å²) in [6, 6.07) is 0. The summed E-state index contributed by atoms with van der Waals surface area (Å²) in [4.78, 5) is 25.3. The number of carbonyl (C=O) groups excluding carboxylic acids is 1. The number of aromatic nitrogens is 1. The van der Waals surface area contributed by atoms with Gasteiger partial charge in [0.25, 0.3) is 0 Å². The van der Waals surface area contributed by atoms with Crippen molar-refractivity contribution < 1.29 is 4.79 Å². The van der Waals surface area contributed by atoms with E-state index in [1.54, 1.807) is 25.3 Å². The highest BCUT2D eigenvalue weighted by atomic mass is 127. The van der Waals surface area contributed by atoms with Crippen LogP contribution in [0, 0.1) is 6.92 Å². The van der Waals surface area contributed by atoms with Crippen molar-refractivity contribution in [2.75, 3.05) is 46.3 Å². The molecule has 0 aliphatic carbocycles. The van der Waals surface area contributed by atoms with Crippen LogP contribution in [0.2, 0.25) is 0 Å². The summed E-state index contributed by atoms with van der Waals surface area (Å²) >= 11 is 1.69. The van der Waals surface area contributed by atoms with Gasteiger partial charge in [-0.3, -0.25) is 14.7 Å². The Hall–Kier alpha value is -0.940. The third kappa shape index (κ3) is 6.89. The van der Waals surface area contributed by atoms with Crippen LogP contribution < -0.4 is 10.6 Å². The van der Waals surface area contributed by atoms with Gasteiger partial charge in [-0.05, 0) is 6.92 Å². The standard InChI is InChI=1S/C15H26N6OS.HI/c1-12-10-18-14(23-12)11-19-15(16-3)17-4-5-20-6-8-21(9-7-20)13(2)22;/h10H,4-9,11H2,1-3H3,(H2,16,17,19);1H. The van der Waals surface area contributed by atoms with E-state index in [1.807, 2.05) is 11.1 Å². The smallest absolute Gasteiger partial charge is 0.219 e. The number of guanidine groups is 1. The predicted molar refractivity (Wildman–Crippen MR) is 109 cm³/mol. The number of nitrogens with one attached hydrogen (secondary N) is 2. The van der Waals surface area contributed by atoms with Crippen molar-refractivity contribution in [3.05, 3.63) is 16.1 Å². The molecule has 2 N–H and O–H groups in total. The number of nitrogens with zero attached hydrogens (tertiary/aromatic N) is 4. The molecule has 0 atom stereocenters. The van der Waals surface area contributed by atoms with Gasteiger partial charge in [-0.15, -0.1) is 35.3 Å². The molecule has 1 saturated heterocycles. The number of thiazole rings is 1. The molecule has 9 heteroatoms. The summed E-state index contributed by atoms with van der Waals surface area (Å²) in [7, 11) is 1.77. The van der Waals surface area contributed by atoms with Crippen molar-refractivity contribution in [2.45, 2.75) is 20.4 Å². The molecule has 1 aromatic rings. The van der Waals surface area contributed by atoms with Crippen LogP contribution in [0.5, 0.6) is 0 Å². The van der Waals surface area contributed by atoms with Gasteiger partial charge in [0.2, 0.25) is 5.91 Å². The Morgan fingerprint density at radius 2 is 2.04 bits per heavy atom. The van der Waals surface area contributed by atoms with Crippen LogP contribution in [0.4, 0.5) is 0 Å². The maximum atomic E-state index is 11.3. The first kappa shape index (κ1) is 21.1. The highest BCUT2D eigenvalue weighted by Crippen LogP contribution is 2.10. The first-order chi connectivity index (χ1) is 11.1. The second-order valence-corrected chi connectivity index (χ2v) is 6.88. The Kier molecular flexibility index (Phi) is 9.52. The molecule has 0 aromatic carbocycles. The SMILES string of the molecule is CN=C(NCCN1CCN(C(C)=O)CC1)NCc1ncc(C)s1.I. The third-order valence-corrected chi connectivity index (χ3v) is 4.75. The van der Waals surface area contributed by atoms with Gasteiger partial charge in [-0.1, -0.05) is 0 Å². The molecule has 24 heavy (non-hydrogen) atoms. The highest BCUT2D eigenvalue weighted by Gasteiger charge is 2.17. The molecule has 0 saturated carbocycles. The molecule has 1 aliphatic heterocycles. The van der Waals surface area contributed by atoms with E-state index in [0.29, 0.717) is 6.54 Å². The second kappa shape index (κ2) is 10.8. The Morgan fingerprint density at radius 3 is 2.58 bits per heavy atom. The van der Waals surface area contributed by atoms with E-state index in [-0.39, 0.29) is 29.9 Å². The zero-order valence-electron chi connectivity index (χ0n) is 14.5. The summed E-state index contributed by atoms with van der Waals surface area (Å²) in [6.07, 6.45) is 1.89. The lowest BCUT2D eigenvalue weighted by Gasteiger charge is -2.34. The molecule has 7 nitrogen and oxygen atoms in total. The highest BCUT2D eigenvalue weighted by molar-refractivity contribution is 14.0. The number of hydrogen-bond acceptors (Lipinski definition) is 5. The summed E-state index contributed by atoms with van der Waals surface area (Å²) in [5, 5.41) is 7.66. The van der Waals surface area contributed by atoms with E-state index in [9.17, 15) is 4.79 Å². The molecule has 0 radical (unpaired) electrons. The largest absolute Gasteiger partial charge is 0.355 e. The van der Waals surface area contributed by atoms with Crippen LogP contribution in [-0.4, -0.2) is 73.0 Å². The Bertz CT molecular complexity index is 542. The van der Waals surface area contributed by atoms with Crippen molar-refractivity contribution in [1.29, 1.82) is 0 Å². The van der Waals surface area contributed by atoms with Gasteiger partial charge in [-0.25, -0.2) is 4.98 Å². The quantitative estimate of drug-likeness (QED) is 0.384. The first-order valence-electron chi connectivity index (χ1n) is 7.92. The lowest BCUT2D eigenvalue weighted by Crippen LogP contribution is -2.50. The number of rotatable bonds is 5. The average Bonchev–Trinajstić information content (AvgIpc) is 2.96. The van der Waals surface area contributed by atoms with Crippen molar-refractivity contribution in [2.24, 2.45) is 4.99 Å². The van der Waals surface area contributed by atoms with Crippen LogP contribution in [0.1, 0.15) is 16.8 Å². The molecule has 1 aliphatic rings. The molecular formula is C15H27IN6OS. The molecule has 1 fully saturated rings. The Balaban J connectivity index is 0.00000288. The number of aliphatic imine (C=N–C) groups is 1. The van der Waals surface area contributed by atoms with Crippen LogP contribution in [-0.2, 0) is 11.3 Å². The number of piperazine rings is 1. The number of aryl methyl sites for hydroxylation is 1. The fraction of sp³-hybridized carbons (Fsp3) is 0.667. The fourth-order valence-corrected chi connectivity index (χ4v) is 3.21. The number of halogens is 1. The Labute approximate surface area is 164 Å². The van der Waals surface area contributed by atoms with Gasteiger partial charge in [0.15, 0.2) is 5.96 Å². The van der Waals surface area contributed by atoms with Crippen LogP contribution >= 0.6 is 35.3 Å². The van der Waals surface area contributed by atoms with Crippen molar-refractivity contribution in [3.63, 3.8) is 0 Å². The minimum absolute atomic E-state index is 0. The van der Waals surface area contributed by atoms with Gasteiger partial charge < -0.3 is 15.5 Å². The fourth-order valence-electron chi connectivity index (χ4n) is 2.48. The van der Waals surface area contributed by atoms with Crippen LogP contribution in [0.3, 0.4) is 0 Å². The number of amides is 1. The van der Waals surface area contributed by atoms with Crippen molar-refractivity contribution in [3.8, 4) is 0 Å². The lowest BCUT2D eigenvalue weighted by molar-refractivity contribution is -0.130. The lowest BCUT2D eigenvalue weighted by atomic mass is 10.3. The van der Waals surface area contributed by atoms with Crippen molar-refractivity contribution in [1.82, 2.24) is 25.4 Å². The molecule has 1 aromatic heterocycles. The molecule has 136 valence electrons. The summed E-state index contributed by atoms with van der Waals surface area (Å²) < 4.78 is 0. The number of hydrogen-bond donors (Lipinski definition) is 2. The minimum atomic E-state index is 0. The van der Waals surface area contributed by atoms with Crippen molar-refractivity contribution >= 4 is 47.2 Å². The zero-order valence-corrected chi connectivity index (χ0v) is 17.7. The second-order valence-electron chi connectivity index (χ2n) is 5.56. The molecule has 2 heterocycles. The van der Waals surface area contributed by atoms with E-state index in [1.165, 1.54) is 4.88 Å². The van der Waals surface area contributed by atoms with E-state index >= 15 is 0 Å². The summed E-state index contributed by atoms with van der Waals surface area (Å²) in [5.41, 5.74) is 0. The predicted octanol–water partition coefficient (Wildman–Crippen LogP) is 0.899. The topological polar surface area (TPSA) is 72.9 Å². The van der Waals surface area contributed by atoms with Gasteiger partial charge in [-0.2, -0.15) is 0 Å². The molecule has 1 amide bonds. The van der Waals surface area contributed by atoms with Gasteiger partial charge >= 0.3 is 0 Å². The van der Waals surface area contributed by atoms with Gasteiger partial charge in [0.05, 0.1) is 6.54 Å². The molecule has 0 bridgehead atoms. The maximum absolute atomic E-state index is 11.3. The normalized spacial score (nSPS) is 15.8. The van der Waals surface area contributed by atoms with E-state index in [4.69, 9.17) is 0 Å². The minimum Gasteiger partial charge on any atom is -0.355 e. The molecule has 0 unspecified atom stereocenters. The van der Waals surface area contributed by atoms with E-state index in [2.05, 4.69) is 32.4 Å². The van der Waals surface area contributed by atoms with Gasteiger partial charge in [0, 0.05) is 64.3 Å². The van der Waals surface area contributed by atoms with Crippen LogP contribution in [0.25, 0.3) is 0 Å².